The van der Waals surface area contributed by atoms with E-state index in [1.54, 1.807) is 7.11 Å². The van der Waals surface area contributed by atoms with Gasteiger partial charge in [-0.15, -0.1) is 0 Å². The number of methoxy groups -OCH3 is 1. The monoisotopic (exact) mass is 281 g/mol. The van der Waals surface area contributed by atoms with Gasteiger partial charge in [0, 0.05) is 18.1 Å². The lowest BCUT2D eigenvalue weighted by Gasteiger charge is -2.31. The summed E-state index contributed by atoms with van der Waals surface area (Å²) >= 11 is 6.01. The molecule has 1 aromatic rings. The number of carbonyl (C=O) groups is 1. The topological polar surface area (TPSA) is 38.3 Å². The normalized spacial score (nSPS) is 18.5. The van der Waals surface area contributed by atoms with E-state index in [4.69, 9.17) is 16.3 Å². The first-order valence-electron chi connectivity index (χ1n) is 6.64. The summed E-state index contributed by atoms with van der Waals surface area (Å²) in [6.07, 6.45) is 3.17. The quantitative estimate of drug-likeness (QED) is 0.900. The highest BCUT2D eigenvalue weighted by molar-refractivity contribution is 6.30. The maximum absolute atomic E-state index is 11.9. The van der Waals surface area contributed by atoms with Crippen molar-refractivity contribution in [3.05, 3.63) is 34.9 Å². The van der Waals surface area contributed by atoms with Crippen molar-refractivity contribution in [2.75, 3.05) is 13.7 Å². The van der Waals surface area contributed by atoms with E-state index in [1.807, 2.05) is 31.2 Å². The molecular formula is C15H20ClNO2. The zero-order valence-electron chi connectivity index (χ0n) is 11.4. The molecule has 0 saturated heterocycles. The minimum atomic E-state index is -0.551. The highest BCUT2D eigenvalue weighted by Gasteiger charge is 2.30. The van der Waals surface area contributed by atoms with Gasteiger partial charge in [-0.05, 0) is 37.5 Å². The van der Waals surface area contributed by atoms with Gasteiger partial charge in [0.2, 0.25) is 5.91 Å². The predicted octanol–water partition coefficient (Wildman–Crippen LogP) is 3.12. The highest BCUT2D eigenvalue weighted by atomic mass is 35.5. The molecule has 0 radical (unpaired) electrons. The minimum Gasteiger partial charge on any atom is -0.372 e. The van der Waals surface area contributed by atoms with Crippen molar-refractivity contribution in [2.45, 2.75) is 31.8 Å². The standard InChI is InChI=1S/C15H20ClNO2/c1-15(19-2,12-7-4-8-13(16)9-12)10-17-14(18)11-5-3-6-11/h4,7-9,11H,3,5-6,10H2,1-2H3,(H,17,18). The largest absolute Gasteiger partial charge is 0.372 e. The number of carbonyl (C=O) groups excluding carboxylic acids is 1. The van der Waals surface area contributed by atoms with E-state index in [9.17, 15) is 4.79 Å². The molecule has 1 aliphatic rings. The Morgan fingerprint density at radius 2 is 2.26 bits per heavy atom. The van der Waals surface area contributed by atoms with E-state index < -0.39 is 5.60 Å². The van der Waals surface area contributed by atoms with Crippen LogP contribution in [0.25, 0.3) is 0 Å². The number of benzene rings is 1. The Morgan fingerprint density at radius 3 is 2.79 bits per heavy atom. The van der Waals surface area contributed by atoms with Crippen LogP contribution in [0.5, 0.6) is 0 Å². The Kier molecular flexibility index (Phi) is 4.48. The number of hydrogen-bond acceptors (Lipinski definition) is 2. The Labute approximate surface area is 119 Å². The van der Waals surface area contributed by atoms with Crippen LogP contribution in [-0.2, 0) is 15.1 Å². The van der Waals surface area contributed by atoms with Crippen LogP contribution in [0, 0.1) is 5.92 Å². The smallest absolute Gasteiger partial charge is 0.223 e. The van der Waals surface area contributed by atoms with Gasteiger partial charge in [0.25, 0.3) is 0 Å². The average Bonchev–Trinajstić information content (AvgIpc) is 2.34. The molecule has 0 aliphatic heterocycles. The van der Waals surface area contributed by atoms with Crippen LogP contribution in [0.15, 0.2) is 24.3 Å². The summed E-state index contributed by atoms with van der Waals surface area (Å²) < 4.78 is 5.59. The Bertz CT molecular complexity index is 459. The van der Waals surface area contributed by atoms with Crippen LogP contribution in [0.2, 0.25) is 5.02 Å². The molecule has 1 aliphatic carbocycles. The van der Waals surface area contributed by atoms with Gasteiger partial charge in [0.05, 0.1) is 6.54 Å². The van der Waals surface area contributed by atoms with E-state index in [0.717, 1.165) is 24.8 Å². The van der Waals surface area contributed by atoms with Gasteiger partial charge in [-0.25, -0.2) is 0 Å². The summed E-state index contributed by atoms with van der Waals surface area (Å²) in [5.74, 6) is 0.331. The predicted molar refractivity (Wildman–Crippen MR) is 76.2 cm³/mol. The molecule has 4 heteroatoms. The molecule has 1 amide bonds. The molecule has 1 saturated carbocycles. The van der Waals surface area contributed by atoms with Crippen LogP contribution >= 0.6 is 11.6 Å². The van der Waals surface area contributed by atoms with Gasteiger partial charge >= 0.3 is 0 Å². The molecule has 19 heavy (non-hydrogen) atoms. The number of ether oxygens (including phenoxy) is 1. The summed E-state index contributed by atoms with van der Waals surface area (Å²) in [6, 6.07) is 7.56. The number of rotatable bonds is 5. The molecule has 0 spiro atoms. The summed E-state index contributed by atoms with van der Waals surface area (Å²) in [7, 11) is 1.65. The Balaban J connectivity index is 2.03. The fraction of sp³-hybridized carbons (Fsp3) is 0.533. The van der Waals surface area contributed by atoms with E-state index in [0.29, 0.717) is 11.6 Å². The van der Waals surface area contributed by atoms with Crippen molar-refractivity contribution in [3.63, 3.8) is 0 Å². The van der Waals surface area contributed by atoms with Crippen LogP contribution < -0.4 is 5.32 Å². The Morgan fingerprint density at radius 1 is 1.53 bits per heavy atom. The van der Waals surface area contributed by atoms with Gasteiger partial charge in [-0.1, -0.05) is 30.2 Å². The summed E-state index contributed by atoms with van der Waals surface area (Å²) in [6.45, 7) is 2.42. The lowest BCUT2D eigenvalue weighted by Crippen LogP contribution is -2.43. The van der Waals surface area contributed by atoms with E-state index in [2.05, 4.69) is 5.32 Å². The number of nitrogens with one attached hydrogen (secondary N) is 1. The third kappa shape index (κ3) is 3.28. The second-order valence-electron chi connectivity index (χ2n) is 5.29. The Hall–Kier alpha value is -1.06. The lowest BCUT2D eigenvalue weighted by atomic mass is 9.84. The molecule has 104 valence electrons. The fourth-order valence-electron chi connectivity index (χ4n) is 2.18. The number of hydrogen-bond donors (Lipinski definition) is 1. The van der Waals surface area contributed by atoms with Crippen LogP contribution in [-0.4, -0.2) is 19.6 Å². The molecule has 0 bridgehead atoms. The maximum Gasteiger partial charge on any atom is 0.223 e. The van der Waals surface area contributed by atoms with Gasteiger partial charge in [0.15, 0.2) is 0 Å². The molecule has 0 heterocycles. The average molecular weight is 282 g/mol. The van der Waals surface area contributed by atoms with Crippen LogP contribution in [0.4, 0.5) is 0 Å². The molecule has 2 rings (SSSR count). The van der Waals surface area contributed by atoms with Crippen molar-refractivity contribution in [1.29, 1.82) is 0 Å². The van der Waals surface area contributed by atoms with Gasteiger partial charge < -0.3 is 10.1 Å². The summed E-state index contributed by atoms with van der Waals surface area (Å²) in [5, 5.41) is 3.66. The maximum atomic E-state index is 11.9. The first kappa shape index (κ1) is 14.4. The molecule has 0 aromatic heterocycles. The molecule has 1 unspecified atom stereocenters. The first-order valence-corrected chi connectivity index (χ1v) is 7.02. The van der Waals surface area contributed by atoms with Gasteiger partial charge in [-0.2, -0.15) is 0 Å². The van der Waals surface area contributed by atoms with Gasteiger partial charge in [-0.3, -0.25) is 4.79 Å². The summed E-state index contributed by atoms with van der Waals surface area (Å²) in [4.78, 5) is 11.9. The fourth-order valence-corrected chi connectivity index (χ4v) is 2.37. The molecule has 1 N–H and O–H groups in total. The zero-order valence-corrected chi connectivity index (χ0v) is 12.2. The van der Waals surface area contributed by atoms with Crippen LogP contribution in [0.3, 0.4) is 0 Å². The SMILES string of the molecule is COC(C)(CNC(=O)C1CCC1)c1cccc(Cl)c1. The van der Waals surface area contributed by atoms with Crippen molar-refractivity contribution < 1.29 is 9.53 Å². The highest BCUT2D eigenvalue weighted by Crippen LogP contribution is 2.28. The van der Waals surface area contributed by atoms with Crippen molar-refractivity contribution in [2.24, 2.45) is 5.92 Å². The summed E-state index contributed by atoms with van der Waals surface area (Å²) in [5.41, 5.74) is 0.418. The van der Waals surface area contributed by atoms with Crippen LogP contribution in [0.1, 0.15) is 31.7 Å². The minimum absolute atomic E-state index is 0.136. The van der Waals surface area contributed by atoms with Gasteiger partial charge in [0.1, 0.15) is 5.60 Å². The van der Waals surface area contributed by atoms with E-state index >= 15 is 0 Å². The first-order chi connectivity index (χ1) is 9.05. The molecule has 1 fully saturated rings. The van der Waals surface area contributed by atoms with E-state index in [-0.39, 0.29) is 11.8 Å². The lowest BCUT2D eigenvalue weighted by molar-refractivity contribution is -0.129. The zero-order chi connectivity index (χ0) is 13.9. The number of amides is 1. The third-order valence-electron chi connectivity index (χ3n) is 3.96. The molecule has 1 aromatic carbocycles. The van der Waals surface area contributed by atoms with Crippen molar-refractivity contribution >= 4 is 17.5 Å². The number of halogens is 1. The second kappa shape index (κ2) is 5.93. The van der Waals surface area contributed by atoms with Crippen molar-refractivity contribution in [1.82, 2.24) is 5.32 Å². The van der Waals surface area contributed by atoms with Crippen molar-refractivity contribution in [3.8, 4) is 0 Å². The second-order valence-corrected chi connectivity index (χ2v) is 5.73. The molecular weight excluding hydrogens is 262 g/mol. The molecule has 3 nitrogen and oxygen atoms in total. The third-order valence-corrected chi connectivity index (χ3v) is 4.20. The van der Waals surface area contributed by atoms with E-state index in [1.165, 1.54) is 0 Å². The molecule has 1 atom stereocenters.